The lowest BCUT2D eigenvalue weighted by atomic mass is 9.80. The fraction of sp³-hybridized carbons (Fsp3) is 0.636. The maximum Gasteiger partial charge on any atom is 0.216 e. The van der Waals surface area contributed by atoms with Crippen LogP contribution in [0.3, 0.4) is 0 Å². The Morgan fingerprint density at radius 2 is 0.846 bits per heavy atom. The number of nitrogens with one attached hydrogen (secondary N) is 2. The minimum absolute atomic E-state index is 0.0273. The topological polar surface area (TPSA) is 58.2 Å². The van der Waals surface area contributed by atoms with E-state index in [0.717, 1.165) is 38.5 Å². The summed E-state index contributed by atoms with van der Waals surface area (Å²) in [5, 5.41) is 5.89. The van der Waals surface area contributed by atoms with Crippen LogP contribution >= 0.6 is 0 Å². The van der Waals surface area contributed by atoms with Gasteiger partial charge in [0.2, 0.25) is 11.8 Å². The molecule has 0 aliphatic heterocycles. The van der Waals surface area contributed by atoms with Crippen LogP contribution in [0.15, 0.2) is 0 Å². The van der Waals surface area contributed by atoms with Crippen molar-refractivity contribution in [1.29, 1.82) is 0 Å². The summed E-state index contributed by atoms with van der Waals surface area (Å²) in [7, 11) is 0. The van der Waals surface area contributed by atoms with Crippen molar-refractivity contribution in [3.05, 3.63) is 33.4 Å². The summed E-state index contributed by atoms with van der Waals surface area (Å²) in [6, 6.07) is 0. The summed E-state index contributed by atoms with van der Waals surface area (Å²) in [5.41, 5.74) is 8.66. The number of rotatable bonds is 10. The number of hydrogen-bond donors (Lipinski definition) is 2. The summed E-state index contributed by atoms with van der Waals surface area (Å²) >= 11 is 0. The van der Waals surface area contributed by atoms with Crippen LogP contribution in [-0.2, 0) is 48.1 Å². The standard InChI is InChI=1S/C22H36N2O2/c1-7-17-18(8-2)22(12-14-24-16(6)26)20(10-4)19(9-3)21(17)11-13-23-15(5)25/h7-14H2,1-6H3,(H,23,25)(H,24,26). The fourth-order valence-corrected chi connectivity index (χ4v) is 4.13. The summed E-state index contributed by atoms with van der Waals surface area (Å²) in [5.74, 6) is 0.0545. The highest BCUT2D eigenvalue weighted by Crippen LogP contribution is 2.31. The van der Waals surface area contributed by atoms with Gasteiger partial charge in [0.05, 0.1) is 0 Å². The molecule has 0 heterocycles. The second-order valence-electron chi connectivity index (χ2n) is 6.75. The molecule has 146 valence electrons. The Balaban J connectivity index is 3.41. The Bertz CT molecular complexity index is 548. The predicted molar refractivity (Wildman–Crippen MR) is 109 cm³/mol. The van der Waals surface area contributed by atoms with Gasteiger partial charge in [-0.2, -0.15) is 0 Å². The van der Waals surface area contributed by atoms with Crippen molar-refractivity contribution in [3.8, 4) is 0 Å². The first kappa shape index (κ1) is 22.2. The molecule has 2 amide bonds. The molecule has 1 aromatic rings. The smallest absolute Gasteiger partial charge is 0.216 e. The molecule has 0 aromatic heterocycles. The molecule has 0 atom stereocenters. The van der Waals surface area contributed by atoms with E-state index in [4.69, 9.17) is 0 Å². The van der Waals surface area contributed by atoms with Gasteiger partial charge in [0.15, 0.2) is 0 Å². The Morgan fingerprint density at radius 1 is 0.577 bits per heavy atom. The molecule has 0 saturated carbocycles. The molecule has 4 nitrogen and oxygen atoms in total. The minimum Gasteiger partial charge on any atom is -0.356 e. The van der Waals surface area contributed by atoms with Crippen molar-refractivity contribution >= 4 is 11.8 Å². The average Bonchev–Trinajstić information content (AvgIpc) is 2.60. The van der Waals surface area contributed by atoms with E-state index < -0.39 is 0 Å². The summed E-state index contributed by atoms with van der Waals surface area (Å²) in [4.78, 5) is 22.5. The van der Waals surface area contributed by atoms with E-state index in [1.807, 2.05) is 0 Å². The van der Waals surface area contributed by atoms with Crippen LogP contribution in [0.2, 0.25) is 0 Å². The first-order chi connectivity index (χ1) is 12.4. The first-order valence-electron chi connectivity index (χ1n) is 10.1. The van der Waals surface area contributed by atoms with E-state index in [2.05, 4.69) is 38.3 Å². The van der Waals surface area contributed by atoms with Gasteiger partial charge in [-0.25, -0.2) is 0 Å². The highest BCUT2D eigenvalue weighted by Gasteiger charge is 2.20. The molecule has 0 fully saturated rings. The Morgan fingerprint density at radius 3 is 1.04 bits per heavy atom. The monoisotopic (exact) mass is 360 g/mol. The predicted octanol–water partition coefficient (Wildman–Crippen LogP) is 3.29. The highest BCUT2D eigenvalue weighted by atomic mass is 16.1. The zero-order chi connectivity index (χ0) is 19.7. The van der Waals surface area contributed by atoms with Gasteiger partial charge in [-0.3, -0.25) is 9.59 Å². The van der Waals surface area contributed by atoms with Gasteiger partial charge in [0.25, 0.3) is 0 Å². The van der Waals surface area contributed by atoms with E-state index in [9.17, 15) is 9.59 Å². The highest BCUT2D eigenvalue weighted by molar-refractivity contribution is 5.73. The summed E-state index contributed by atoms with van der Waals surface area (Å²) in [6.07, 6.45) is 5.78. The Labute approximate surface area is 159 Å². The molecule has 0 bridgehead atoms. The Kier molecular flexibility index (Phi) is 9.39. The molecular formula is C22H36N2O2. The third-order valence-electron chi connectivity index (χ3n) is 5.10. The van der Waals surface area contributed by atoms with Crippen LogP contribution in [0, 0.1) is 0 Å². The van der Waals surface area contributed by atoms with Crippen molar-refractivity contribution in [2.45, 2.75) is 80.1 Å². The van der Waals surface area contributed by atoms with Gasteiger partial charge in [0, 0.05) is 26.9 Å². The van der Waals surface area contributed by atoms with Crippen LogP contribution in [0.4, 0.5) is 0 Å². The molecule has 1 aromatic carbocycles. The van der Waals surface area contributed by atoms with E-state index >= 15 is 0 Å². The van der Waals surface area contributed by atoms with E-state index in [1.165, 1.54) is 33.4 Å². The lowest BCUT2D eigenvalue weighted by Gasteiger charge is -2.26. The van der Waals surface area contributed by atoms with Crippen molar-refractivity contribution < 1.29 is 9.59 Å². The van der Waals surface area contributed by atoms with Crippen LogP contribution in [-0.4, -0.2) is 24.9 Å². The van der Waals surface area contributed by atoms with E-state index in [-0.39, 0.29) is 11.8 Å². The normalized spacial score (nSPS) is 10.7. The first-order valence-corrected chi connectivity index (χ1v) is 10.1. The second-order valence-corrected chi connectivity index (χ2v) is 6.75. The van der Waals surface area contributed by atoms with Crippen molar-refractivity contribution in [2.24, 2.45) is 0 Å². The number of carbonyl (C=O) groups excluding carboxylic acids is 2. The molecule has 26 heavy (non-hydrogen) atoms. The zero-order valence-corrected chi connectivity index (χ0v) is 17.5. The third kappa shape index (κ3) is 5.58. The van der Waals surface area contributed by atoms with Gasteiger partial charge in [-0.1, -0.05) is 27.7 Å². The largest absolute Gasteiger partial charge is 0.356 e. The molecule has 4 heteroatoms. The van der Waals surface area contributed by atoms with Gasteiger partial charge in [-0.15, -0.1) is 0 Å². The van der Waals surface area contributed by atoms with Gasteiger partial charge in [-0.05, 0) is 71.9 Å². The maximum absolute atomic E-state index is 11.3. The van der Waals surface area contributed by atoms with Crippen molar-refractivity contribution in [3.63, 3.8) is 0 Å². The van der Waals surface area contributed by atoms with Crippen molar-refractivity contribution in [2.75, 3.05) is 13.1 Å². The third-order valence-corrected chi connectivity index (χ3v) is 5.10. The average molecular weight is 361 g/mol. The lowest BCUT2D eigenvalue weighted by Crippen LogP contribution is -2.25. The van der Waals surface area contributed by atoms with Crippen LogP contribution in [0.1, 0.15) is 74.9 Å². The molecule has 0 saturated heterocycles. The van der Waals surface area contributed by atoms with Gasteiger partial charge in [0.1, 0.15) is 0 Å². The molecule has 0 aliphatic carbocycles. The molecular weight excluding hydrogens is 324 g/mol. The number of hydrogen-bond acceptors (Lipinski definition) is 2. The molecule has 0 unspecified atom stereocenters. The minimum atomic E-state index is 0.0273. The van der Waals surface area contributed by atoms with Crippen LogP contribution < -0.4 is 10.6 Å². The molecule has 0 aliphatic rings. The SMILES string of the molecule is CCc1c(CC)c(CCNC(C)=O)c(CC)c(CC)c1CCNC(C)=O. The molecule has 2 N–H and O–H groups in total. The van der Waals surface area contributed by atoms with Crippen LogP contribution in [0.25, 0.3) is 0 Å². The lowest BCUT2D eigenvalue weighted by molar-refractivity contribution is -0.119. The number of benzene rings is 1. The van der Waals surface area contributed by atoms with E-state index in [0.29, 0.717) is 13.1 Å². The molecule has 1 rings (SSSR count). The second kappa shape index (κ2) is 11.0. The zero-order valence-electron chi connectivity index (χ0n) is 17.5. The summed E-state index contributed by atoms with van der Waals surface area (Å²) in [6.45, 7) is 13.4. The summed E-state index contributed by atoms with van der Waals surface area (Å²) < 4.78 is 0. The van der Waals surface area contributed by atoms with Gasteiger partial charge < -0.3 is 10.6 Å². The van der Waals surface area contributed by atoms with E-state index in [1.54, 1.807) is 13.8 Å². The van der Waals surface area contributed by atoms with Crippen LogP contribution in [0.5, 0.6) is 0 Å². The molecule has 0 spiro atoms. The number of carbonyl (C=O) groups is 2. The van der Waals surface area contributed by atoms with Crippen molar-refractivity contribution in [1.82, 2.24) is 10.6 Å². The fourth-order valence-electron chi connectivity index (χ4n) is 4.13. The molecule has 0 radical (unpaired) electrons. The van der Waals surface area contributed by atoms with Gasteiger partial charge >= 0.3 is 0 Å². The Hall–Kier alpha value is -1.84. The number of amides is 2. The maximum atomic E-state index is 11.3. The quantitative estimate of drug-likeness (QED) is 0.673.